The van der Waals surface area contributed by atoms with Gasteiger partial charge >= 0.3 is 0 Å². The molecule has 1 atom stereocenters. The van der Waals surface area contributed by atoms with Crippen molar-refractivity contribution in [1.29, 1.82) is 0 Å². The second-order valence-electron chi connectivity index (χ2n) is 6.34. The Morgan fingerprint density at radius 2 is 1.81 bits per heavy atom. The number of hydrogen-bond acceptors (Lipinski definition) is 1. The minimum absolute atomic E-state index is 0.104. The zero-order valence-corrected chi connectivity index (χ0v) is 13.9. The van der Waals surface area contributed by atoms with Gasteiger partial charge in [0.15, 0.2) is 6.04 Å². The van der Waals surface area contributed by atoms with Gasteiger partial charge in [0.2, 0.25) is 0 Å². The van der Waals surface area contributed by atoms with E-state index >= 15 is 0 Å². The molecule has 1 unspecified atom stereocenters. The first-order valence-electron chi connectivity index (χ1n) is 8.27. The third-order valence-corrected chi connectivity index (χ3v) is 5.28. The molecule has 0 bridgehead atoms. The average molecular weight is 289 g/mol. The van der Waals surface area contributed by atoms with Crippen molar-refractivity contribution >= 4 is 11.6 Å². The summed E-state index contributed by atoms with van der Waals surface area (Å²) in [6.45, 7) is 11.8. The van der Waals surface area contributed by atoms with Gasteiger partial charge < -0.3 is 9.80 Å². The van der Waals surface area contributed by atoms with Crippen LogP contribution in [0.15, 0.2) is 18.2 Å². The maximum Gasteiger partial charge on any atom is 0.282 e. The number of quaternary nitrogens is 1. The highest BCUT2D eigenvalue weighted by molar-refractivity contribution is 5.95. The maximum atomic E-state index is 12.9. The molecule has 1 N–H and O–H groups in total. The largest absolute Gasteiger partial charge is 0.320 e. The summed E-state index contributed by atoms with van der Waals surface area (Å²) in [5.74, 6) is 0.204. The van der Waals surface area contributed by atoms with Gasteiger partial charge in [0, 0.05) is 12.1 Å². The summed E-state index contributed by atoms with van der Waals surface area (Å²) in [5, 5.41) is 3.22. The minimum Gasteiger partial charge on any atom is -0.320 e. The first kappa shape index (κ1) is 16.0. The van der Waals surface area contributed by atoms with Gasteiger partial charge in [-0.1, -0.05) is 18.2 Å². The topological polar surface area (TPSA) is 29.1 Å². The summed E-state index contributed by atoms with van der Waals surface area (Å²) >= 11 is 0. The summed E-state index contributed by atoms with van der Waals surface area (Å²) < 4.78 is 0.941. The molecule has 0 radical (unpaired) electrons. The normalized spacial score (nSPS) is 21.0. The summed E-state index contributed by atoms with van der Waals surface area (Å²) in [5.41, 5.74) is 3.29. The summed E-state index contributed by atoms with van der Waals surface area (Å²) in [4.78, 5) is 12.9. The monoisotopic (exact) mass is 289 g/mol. The number of anilines is 1. The fourth-order valence-electron chi connectivity index (χ4n) is 3.77. The lowest BCUT2D eigenvalue weighted by Gasteiger charge is -2.45. The predicted octanol–water partition coefficient (Wildman–Crippen LogP) is 3.65. The van der Waals surface area contributed by atoms with Crippen LogP contribution < -0.4 is 5.32 Å². The second-order valence-corrected chi connectivity index (χ2v) is 6.34. The second kappa shape index (κ2) is 6.61. The van der Waals surface area contributed by atoms with Crippen LogP contribution in [0.25, 0.3) is 0 Å². The Labute approximate surface area is 128 Å². The lowest BCUT2D eigenvalue weighted by Crippen LogP contribution is -2.62. The van der Waals surface area contributed by atoms with Crippen molar-refractivity contribution < 1.29 is 9.28 Å². The van der Waals surface area contributed by atoms with Crippen LogP contribution in [0.3, 0.4) is 0 Å². The van der Waals surface area contributed by atoms with Gasteiger partial charge in [-0.25, -0.2) is 0 Å². The Morgan fingerprint density at radius 1 is 1.19 bits per heavy atom. The van der Waals surface area contributed by atoms with E-state index in [1.807, 2.05) is 6.07 Å². The highest BCUT2D eigenvalue weighted by atomic mass is 16.2. The number of likely N-dealkylation sites (N-methyl/N-ethyl adjacent to an activating group) is 1. The van der Waals surface area contributed by atoms with Crippen LogP contribution in [-0.4, -0.2) is 36.1 Å². The lowest BCUT2D eigenvalue weighted by molar-refractivity contribution is -0.943. The molecule has 1 aliphatic heterocycles. The molecule has 3 heteroatoms. The molecule has 1 saturated heterocycles. The zero-order valence-electron chi connectivity index (χ0n) is 13.9. The maximum absolute atomic E-state index is 12.9. The van der Waals surface area contributed by atoms with Crippen molar-refractivity contribution in [2.45, 2.75) is 53.0 Å². The molecule has 1 fully saturated rings. The van der Waals surface area contributed by atoms with E-state index < -0.39 is 0 Å². The Kier molecular flexibility index (Phi) is 5.04. The van der Waals surface area contributed by atoms with Crippen LogP contribution in [-0.2, 0) is 4.79 Å². The SMILES string of the molecule is CC[N+]1(CC)CCCCC1C(=O)Nc1c(C)cccc1C. The van der Waals surface area contributed by atoms with Gasteiger partial charge in [0.05, 0.1) is 19.6 Å². The number of para-hydroxylation sites is 1. The summed E-state index contributed by atoms with van der Waals surface area (Å²) in [6, 6.07) is 6.27. The molecular weight excluding hydrogens is 260 g/mol. The quantitative estimate of drug-likeness (QED) is 0.842. The molecule has 0 spiro atoms. The van der Waals surface area contributed by atoms with Crippen molar-refractivity contribution in [2.75, 3.05) is 25.0 Å². The highest BCUT2D eigenvalue weighted by Gasteiger charge is 2.41. The molecule has 116 valence electrons. The minimum atomic E-state index is 0.104. The third-order valence-electron chi connectivity index (χ3n) is 5.28. The van der Waals surface area contributed by atoms with E-state index in [9.17, 15) is 4.79 Å². The van der Waals surface area contributed by atoms with Gasteiger partial charge in [0.1, 0.15) is 0 Å². The standard InChI is InChI=1S/C18H28N2O/c1-5-20(6-2)13-8-7-12-16(20)18(21)19-17-14(3)10-9-11-15(17)4/h9-11,16H,5-8,12-13H2,1-4H3/p+1. The first-order valence-corrected chi connectivity index (χ1v) is 8.27. The van der Waals surface area contributed by atoms with Crippen LogP contribution >= 0.6 is 0 Å². The molecule has 1 aromatic carbocycles. The van der Waals surface area contributed by atoms with Gasteiger partial charge in [-0.15, -0.1) is 0 Å². The van der Waals surface area contributed by atoms with Crippen LogP contribution in [0.5, 0.6) is 0 Å². The Bertz CT molecular complexity index is 486. The molecule has 21 heavy (non-hydrogen) atoms. The van der Waals surface area contributed by atoms with E-state index in [1.54, 1.807) is 0 Å². The summed E-state index contributed by atoms with van der Waals surface area (Å²) in [7, 11) is 0. The molecule has 1 aromatic rings. The fraction of sp³-hybridized carbons (Fsp3) is 0.611. The van der Waals surface area contributed by atoms with Gasteiger partial charge in [0.25, 0.3) is 5.91 Å². The molecule has 0 saturated carbocycles. The Morgan fingerprint density at radius 3 is 2.38 bits per heavy atom. The molecule has 1 aliphatic rings. The third kappa shape index (κ3) is 3.13. The van der Waals surface area contributed by atoms with E-state index in [-0.39, 0.29) is 11.9 Å². The number of carbonyl (C=O) groups is 1. The zero-order chi connectivity index (χ0) is 15.5. The van der Waals surface area contributed by atoms with Gasteiger partial charge in [-0.3, -0.25) is 4.79 Å². The van der Waals surface area contributed by atoms with Gasteiger partial charge in [-0.2, -0.15) is 0 Å². The van der Waals surface area contributed by atoms with Crippen molar-refractivity contribution in [2.24, 2.45) is 0 Å². The molecule has 0 aromatic heterocycles. The number of piperidine rings is 1. The number of aryl methyl sites for hydroxylation is 2. The first-order chi connectivity index (χ1) is 10.0. The fourth-order valence-corrected chi connectivity index (χ4v) is 3.77. The van der Waals surface area contributed by atoms with E-state index in [1.165, 1.54) is 12.8 Å². The average Bonchev–Trinajstić information content (AvgIpc) is 2.50. The summed E-state index contributed by atoms with van der Waals surface area (Å²) in [6.07, 6.45) is 3.43. The molecule has 0 aliphatic carbocycles. The van der Waals surface area contributed by atoms with Crippen molar-refractivity contribution in [1.82, 2.24) is 0 Å². The van der Waals surface area contributed by atoms with E-state index in [2.05, 4.69) is 45.1 Å². The number of rotatable bonds is 4. The number of carbonyl (C=O) groups excluding carboxylic acids is 1. The van der Waals surface area contributed by atoms with E-state index in [4.69, 9.17) is 0 Å². The number of hydrogen-bond donors (Lipinski definition) is 1. The van der Waals surface area contributed by atoms with E-state index in [0.717, 1.165) is 47.4 Å². The number of nitrogens with zero attached hydrogens (tertiary/aromatic N) is 1. The van der Waals surface area contributed by atoms with Gasteiger partial charge in [-0.05, 0) is 51.7 Å². The van der Waals surface area contributed by atoms with Crippen molar-refractivity contribution in [3.05, 3.63) is 29.3 Å². The lowest BCUT2D eigenvalue weighted by atomic mass is 9.97. The van der Waals surface area contributed by atoms with Crippen molar-refractivity contribution in [3.8, 4) is 0 Å². The Hall–Kier alpha value is -1.35. The molecule has 3 nitrogen and oxygen atoms in total. The smallest absolute Gasteiger partial charge is 0.282 e. The van der Waals surface area contributed by atoms with Crippen LogP contribution in [0.2, 0.25) is 0 Å². The van der Waals surface area contributed by atoms with Crippen LogP contribution in [0.1, 0.15) is 44.2 Å². The predicted molar refractivity (Wildman–Crippen MR) is 88.4 cm³/mol. The van der Waals surface area contributed by atoms with Crippen molar-refractivity contribution in [3.63, 3.8) is 0 Å². The number of benzene rings is 1. The number of amides is 1. The number of likely N-dealkylation sites (tertiary alicyclic amines) is 1. The van der Waals surface area contributed by atoms with Crippen LogP contribution in [0, 0.1) is 13.8 Å². The molecule has 1 heterocycles. The Balaban J connectivity index is 2.22. The molecule has 1 amide bonds. The van der Waals surface area contributed by atoms with Crippen LogP contribution in [0.4, 0.5) is 5.69 Å². The molecular formula is C18H29N2O+. The number of nitrogens with one attached hydrogen (secondary N) is 1. The molecule has 2 rings (SSSR count). The highest BCUT2D eigenvalue weighted by Crippen LogP contribution is 2.28. The van der Waals surface area contributed by atoms with E-state index in [0.29, 0.717) is 0 Å².